The molecule has 1 amide bonds. The average molecular weight is 439 g/mol. The molecule has 1 aliphatic rings. The molecule has 0 spiro atoms. The predicted octanol–water partition coefficient (Wildman–Crippen LogP) is 3.98. The maximum atomic E-state index is 13.3. The molecule has 0 aliphatic carbocycles. The molecular weight excluding hydrogens is 416 g/mol. The summed E-state index contributed by atoms with van der Waals surface area (Å²) in [7, 11) is 0. The maximum Gasteiger partial charge on any atom is 0.253 e. The summed E-state index contributed by atoms with van der Waals surface area (Å²) in [6.45, 7) is 4.70. The molecule has 0 N–H and O–H groups in total. The van der Waals surface area contributed by atoms with E-state index in [2.05, 4.69) is 21.1 Å². The van der Waals surface area contributed by atoms with Crippen LogP contribution in [0.25, 0.3) is 16.0 Å². The summed E-state index contributed by atoms with van der Waals surface area (Å²) in [5, 5.41) is 6.21. The highest BCUT2D eigenvalue weighted by Gasteiger charge is 2.32. The van der Waals surface area contributed by atoms with Crippen LogP contribution in [0.4, 0.5) is 0 Å². The van der Waals surface area contributed by atoms with Crippen LogP contribution in [0.1, 0.15) is 40.8 Å². The topological polar surface area (TPSA) is 76.3 Å². The summed E-state index contributed by atoms with van der Waals surface area (Å²) in [5.41, 5.74) is 3.70. The summed E-state index contributed by atoms with van der Waals surface area (Å²) >= 11 is 3.18. The van der Waals surface area contributed by atoms with Gasteiger partial charge in [0, 0.05) is 23.5 Å². The third kappa shape index (κ3) is 3.26. The van der Waals surface area contributed by atoms with Gasteiger partial charge < -0.3 is 4.90 Å². The minimum absolute atomic E-state index is 0.0571. The molecular formula is C21H22N6OS2. The van der Waals surface area contributed by atoms with Gasteiger partial charge in [-0.1, -0.05) is 23.9 Å². The third-order valence-corrected chi connectivity index (χ3v) is 7.38. The first kappa shape index (κ1) is 19.4. The highest BCUT2D eigenvalue weighted by molar-refractivity contribution is 7.98. The molecule has 9 heteroatoms. The number of thioether (sulfide) groups is 1. The third-order valence-electron chi connectivity index (χ3n) is 5.71. The highest BCUT2D eigenvalue weighted by Crippen LogP contribution is 2.37. The number of fused-ring (bicyclic) bond motifs is 2. The summed E-state index contributed by atoms with van der Waals surface area (Å²) < 4.78 is 2.92. The van der Waals surface area contributed by atoms with Crippen molar-refractivity contribution in [3.8, 4) is 0 Å². The number of hydrogen-bond donors (Lipinski definition) is 0. The van der Waals surface area contributed by atoms with Gasteiger partial charge in [-0.15, -0.1) is 16.4 Å². The number of benzene rings is 1. The molecule has 4 heterocycles. The van der Waals surface area contributed by atoms with Crippen LogP contribution in [0.15, 0.2) is 29.4 Å². The zero-order chi connectivity index (χ0) is 20.8. The van der Waals surface area contributed by atoms with E-state index in [1.54, 1.807) is 15.9 Å². The van der Waals surface area contributed by atoms with Crippen molar-refractivity contribution in [3.63, 3.8) is 0 Å². The predicted molar refractivity (Wildman–Crippen MR) is 119 cm³/mol. The van der Waals surface area contributed by atoms with Crippen LogP contribution < -0.4 is 0 Å². The lowest BCUT2D eigenvalue weighted by molar-refractivity contribution is -0.131. The van der Waals surface area contributed by atoms with Gasteiger partial charge in [-0.05, 0) is 45.1 Å². The number of para-hydroxylation sites is 1. The molecule has 4 aromatic rings. The molecule has 1 atom stereocenters. The van der Waals surface area contributed by atoms with E-state index >= 15 is 0 Å². The van der Waals surface area contributed by atoms with Crippen LogP contribution in [0.3, 0.4) is 0 Å². The smallest absolute Gasteiger partial charge is 0.253 e. The fourth-order valence-electron chi connectivity index (χ4n) is 4.14. The summed E-state index contributed by atoms with van der Waals surface area (Å²) in [6, 6.07) is 8.21. The first-order chi connectivity index (χ1) is 14.5. The van der Waals surface area contributed by atoms with E-state index in [1.807, 2.05) is 43.2 Å². The standard InChI is InChI=1S/C21H22N6OS2/c1-12-14(13(2)27-20(22-12)24-21(25-27)29-3)11-18(28)26-10-6-8-16(26)19-23-15-7-4-5-9-17(15)30-19/h4-5,7,9,16H,6,8,10-11H2,1-3H3/t16-/m0/s1. The van der Waals surface area contributed by atoms with E-state index in [1.165, 1.54) is 16.5 Å². The molecule has 0 unspecified atom stereocenters. The van der Waals surface area contributed by atoms with Crippen LogP contribution in [-0.2, 0) is 11.2 Å². The Morgan fingerprint density at radius 2 is 2.07 bits per heavy atom. The van der Waals surface area contributed by atoms with Crippen molar-refractivity contribution in [1.82, 2.24) is 29.5 Å². The Labute approximate surface area is 182 Å². The molecule has 1 fully saturated rings. The quantitative estimate of drug-likeness (QED) is 0.449. The van der Waals surface area contributed by atoms with Crippen molar-refractivity contribution < 1.29 is 4.79 Å². The van der Waals surface area contributed by atoms with Gasteiger partial charge in [0.15, 0.2) is 0 Å². The second-order valence-corrected chi connectivity index (χ2v) is 9.35. The summed E-state index contributed by atoms with van der Waals surface area (Å²) in [6.07, 6.45) is 4.22. The zero-order valence-electron chi connectivity index (χ0n) is 17.1. The SMILES string of the molecule is CSc1nc2nc(C)c(CC(=O)N3CCC[C@H]3c3nc4ccccc4s3)c(C)n2n1. The number of aryl methyl sites for hydroxylation is 2. The number of nitrogens with zero attached hydrogens (tertiary/aromatic N) is 6. The molecule has 1 aromatic carbocycles. The van der Waals surface area contributed by atoms with E-state index in [0.717, 1.165) is 46.9 Å². The molecule has 3 aromatic heterocycles. The zero-order valence-corrected chi connectivity index (χ0v) is 18.8. The van der Waals surface area contributed by atoms with Gasteiger partial charge in [0.1, 0.15) is 5.01 Å². The van der Waals surface area contributed by atoms with Crippen LogP contribution in [0.2, 0.25) is 0 Å². The highest BCUT2D eigenvalue weighted by atomic mass is 32.2. The molecule has 5 rings (SSSR count). The van der Waals surface area contributed by atoms with Crippen molar-refractivity contribution in [2.75, 3.05) is 12.8 Å². The van der Waals surface area contributed by atoms with Crippen LogP contribution >= 0.6 is 23.1 Å². The fraction of sp³-hybridized carbons (Fsp3) is 0.381. The molecule has 0 bridgehead atoms. The van der Waals surface area contributed by atoms with Gasteiger partial charge in [0.25, 0.3) is 5.78 Å². The van der Waals surface area contributed by atoms with Crippen LogP contribution in [0.5, 0.6) is 0 Å². The van der Waals surface area contributed by atoms with Gasteiger partial charge in [-0.2, -0.15) is 4.98 Å². The molecule has 0 radical (unpaired) electrons. The van der Waals surface area contributed by atoms with Crippen molar-refractivity contribution in [2.24, 2.45) is 0 Å². The Morgan fingerprint density at radius 3 is 2.87 bits per heavy atom. The number of rotatable bonds is 4. The normalized spacial score (nSPS) is 16.8. The largest absolute Gasteiger partial charge is 0.333 e. The monoisotopic (exact) mass is 438 g/mol. The van der Waals surface area contributed by atoms with E-state index in [-0.39, 0.29) is 11.9 Å². The van der Waals surface area contributed by atoms with Crippen LogP contribution in [-0.4, -0.2) is 48.2 Å². The molecule has 154 valence electrons. The van der Waals surface area contributed by atoms with E-state index in [4.69, 9.17) is 4.98 Å². The average Bonchev–Trinajstić information content (AvgIpc) is 3.47. The van der Waals surface area contributed by atoms with Crippen molar-refractivity contribution in [1.29, 1.82) is 0 Å². The van der Waals surface area contributed by atoms with Gasteiger partial charge in [0.05, 0.1) is 22.7 Å². The second-order valence-electron chi connectivity index (χ2n) is 7.51. The Bertz CT molecular complexity index is 1230. The Morgan fingerprint density at radius 1 is 1.23 bits per heavy atom. The van der Waals surface area contributed by atoms with Gasteiger partial charge in [-0.25, -0.2) is 14.5 Å². The first-order valence-electron chi connectivity index (χ1n) is 9.97. The van der Waals surface area contributed by atoms with Crippen molar-refractivity contribution in [3.05, 3.63) is 46.2 Å². The molecule has 0 saturated carbocycles. The number of hydrogen-bond acceptors (Lipinski definition) is 7. The number of aromatic nitrogens is 5. The first-order valence-corrected chi connectivity index (χ1v) is 12.0. The number of carbonyl (C=O) groups is 1. The van der Waals surface area contributed by atoms with E-state index in [0.29, 0.717) is 17.4 Å². The summed E-state index contributed by atoms with van der Waals surface area (Å²) in [5.74, 6) is 0.702. The maximum absolute atomic E-state index is 13.3. The molecule has 1 aliphatic heterocycles. The minimum atomic E-state index is 0.0571. The van der Waals surface area contributed by atoms with E-state index < -0.39 is 0 Å². The lowest BCUT2D eigenvalue weighted by atomic mass is 10.1. The second kappa shape index (κ2) is 7.63. The van der Waals surface area contributed by atoms with Gasteiger partial charge >= 0.3 is 0 Å². The van der Waals surface area contributed by atoms with Gasteiger partial charge in [-0.3, -0.25) is 4.79 Å². The number of thiazole rings is 1. The van der Waals surface area contributed by atoms with Crippen LogP contribution in [0, 0.1) is 13.8 Å². The molecule has 7 nitrogen and oxygen atoms in total. The lowest BCUT2D eigenvalue weighted by Crippen LogP contribution is -2.32. The van der Waals surface area contributed by atoms with E-state index in [9.17, 15) is 4.79 Å². The number of likely N-dealkylation sites (tertiary alicyclic amines) is 1. The summed E-state index contributed by atoms with van der Waals surface area (Å²) in [4.78, 5) is 29.2. The number of amides is 1. The Hall–Kier alpha value is -2.52. The molecule has 1 saturated heterocycles. The molecule has 30 heavy (non-hydrogen) atoms. The Balaban J connectivity index is 1.44. The number of carbonyl (C=O) groups excluding carboxylic acids is 1. The van der Waals surface area contributed by atoms with Crippen molar-refractivity contribution >= 4 is 45.0 Å². The fourth-order valence-corrected chi connectivity index (χ4v) is 5.59. The Kier molecular flexibility index (Phi) is 4.94. The van der Waals surface area contributed by atoms with Gasteiger partial charge in [0.2, 0.25) is 11.1 Å². The lowest BCUT2D eigenvalue weighted by Gasteiger charge is -2.24. The minimum Gasteiger partial charge on any atom is -0.333 e. The van der Waals surface area contributed by atoms with Crippen molar-refractivity contribution in [2.45, 2.75) is 44.3 Å².